The summed E-state index contributed by atoms with van der Waals surface area (Å²) in [7, 11) is 1.58. The van der Waals surface area contributed by atoms with E-state index >= 15 is 0 Å². The van der Waals surface area contributed by atoms with E-state index in [1.165, 1.54) is 0 Å². The van der Waals surface area contributed by atoms with Crippen LogP contribution in [0.1, 0.15) is 11.3 Å². The molecule has 0 saturated heterocycles. The van der Waals surface area contributed by atoms with Gasteiger partial charge in [0, 0.05) is 12.3 Å². The fourth-order valence-electron chi connectivity index (χ4n) is 1.89. The number of urea groups is 1. The van der Waals surface area contributed by atoms with E-state index in [2.05, 4.69) is 10.6 Å². The first-order valence-corrected chi connectivity index (χ1v) is 8.14. The van der Waals surface area contributed by atoms with Gasteiger partial charge >= 0.3 is 6.03 Å². The Hall–Kier alpha value is -2.08. The van der Waals surface area contributed by atoms with Crippen molar-refractivity contribution in [1.29, 1.82) is 0 Å². The number of nitrogens with one attached hydrogen (secondary N) is 2. The number of benzene rings is 1. The lowest BCUT2D eigenvalue weighted by Gasteiger charge is -2.11. The predicted molar refractivity (Wildman–Crippen MR) is 89.6 cm³/mol. The van der Waals surface area contributed by atoms with E-state index in [-0.39, 0.29) is 6.03 Å². The first kappa shape index (κ1) is 16.3. The van der Waals surface area contributed by atoms with Crippen molar-refractivity contribution >= 4 is 23.5 Å². The van der Waals surface area contributed by atoms with Crippen LogP contribution in [0.15, 0.2) is 41.0 Å². The smallest absolute Gasteiger partial charge is 0.319 e. The molecule has 118 valence electrons. The van der Waals surface area contributed by atoms with Crippen LogP contribution in [0.2, 0.25) is 0 Å². The number of amides is 2. The van der Waals surface area contributed by atoms with Crippen molar-refractivity contribution in [3.63, 3.8) is 0 Å². The largest absolute Gasteiger partial charge is 0.495 e. The molecule has 0 unspecified atom stereocenters. The van der Waals surface area contributed by atoms with E-state index in [1.54, 1.807) is 25.1 Å². The van der Waals surface area contributed by atoms with Crippen LogP contribution < -0.4 is 15.4 Å². The van der Waals surface area contributed by atoms with E-state index in [4.69, 9.17) is 9.15 Å². The molecule has 5 nitrogen and oxygen atoms in total. The Morgan fingerprint density at radius 1 is 1.36 bits per heavy atom. The summed E-state index contributed by atoms with van der Waals surface area (Å²) in [6.45, 7) is 2.55. The van der Waals surface area contributed by atoms with Gasteiger partial charge in [0.2, 0.25) is 0 Å². The number of hydrogen-bond donors (Lipinski definition) is 2. The second kappa shape index (κ2) is 8.38. The zero-order chi connectivity index (χ0) is 15.8. The molecule has 1 heterocycles. The number of aryl methyl sites for hydroxylation is 1. The molecule has 0 radical (unpaired) electrons. The van der Waals surface area contributed by atoms with Crippen LogP contribution in [-0.4, -0.2) is 25.4 Å². The molecular weight excluding hydrogens is 300 g/mol. The summed E-state index contributed by atoms with van der Waals surface area (Å²) in [5.41, 5.74) is 1.73. The van der Waals surface area contributed by atoms with Crippen molar-refractivity contribution in [2.75, 3.05) is 24.7 Å². The molecule has 22 heavy (non-hydrogen) atoms. The van der Waals surface area contributed by atoms with Gasteiger partial charge < -0.3 is 19.8 Å². The van der Waals surface area contributed by atoms with E-state index < -0.39 is 0 Å². The van der Waals surface area contributed by atoms with Crippen LogP contribution in [0.25, 0.3) is 0 Å². The van der Waals surface area contributed by atoms with Crippen molar-refractivity contribution in [2.45, 2.75) is 12.7 Å². The SMILES string of the molecule is COc1ccc(C)cc1NC(=O)NCCSCc1ccco1. The van der Waals surface area contributed by atoms with Crippen molar-refractivity contribution < 1.29 is 13.9 Å². The number of carbonyl (C=O) groups excluding carboxylic acids is 1. The first-order chi connectivity index (χ1) is 10.7. The summed E-state index contributed by atoms with van der Waals surface area (Å²) in [5, 5.41) is 5.63. The van der Waals surface area contributed by atoms with Crippen LogP contribution in [0, 0.1) is 6.92 Å². The van der Waals surface area contributed by atoms with Gasteiger partial charge in [-0.1, -0.05) is 6.07 Å². The minimum absolute atomic E-state index is 0.234. The molecule has 2 N–H and O–H groups in total. The number of furan rings is 1. The summed E-state index contributed by atoms with van der Waals surface area (Å²) in [6.07, 6.45) is 1.66. The Kier molecular flexibility index (Phi) is 6.21. The minimum Gasteiger partial charge on any atom is -0.495 e. The van der Waals surface area contributed by atoms with E-state index in [0.717, 1.165) is 22.8 Å². The number of ether oxygens (including phenoxy) is 1. The van der Waals surface area contributed by atoms with E-state index in [1.807, 2.05) is 37.3 Å². The Morgan fingerprint density at radius 3 is 2.95 bits per heavy atom. The zero-order valence-corrected chi connectivity index (χ0v) is 13.5. The maximum Gasteiger partial charge on any atom is 0.319 e. The van der Waals surface area contributed by atoms with Crippen molar-refractivity contribution in [3.8, 4) is 5.75 Å². The molecule has 6 heteroatoms. The molecule has 0 fully saturated rings. The molecule has 2 aromatic rings. The average molecular weight is 320 g/mol. The molecule has 1 aromatic heterocycles. The van der Waals surface area contributed by atoms with Crippen LogP contribution in [-0.2, 0) is 5.75 Å². The quantitative estimate of drug-likeness (QED) is 0.764. The van der Waals surface area contributed by atoms with E-state index in [9.17, 15) is 4.79 Å². The number of methoxy groups -OCH3 is 1. The van der Waals surface area contributed by atoms with Gasteiger partial charge in [0.15, 0.2) is 0 Å². The van der Waals surface area contributed by atoms with Gasteiger partial charge in [-0.3, -0.25) is 0 Å². The minimum atomic E-state index is -0.234. The lowest BCUT2D eigenvalue weighted by atomic mass is 10.2. The molecular formula is C16H20N2O3S. The lowest BCUT2D eigenvalue weighted by molar-refractivity contribution is 0.252. The molecule has 0 spiro atoms. The van der Waals surface area contributed by atoms with Gasteiger partial charge in [0.05, 0.1) is 24.8 Å². The highest BCUT2D eigenvalue weighted by molar-refractivity contribution is 7.98. The molecule has 2 amide bonds. The Morgan fingerprint density at radius 2 is 2.23 bits per heavy atom. The molecule has 2 rings (SSSR count). The topological polar surface area (TPSA) is 63.5 Å². The monoisotopic (exact) mass is 320 g/mol. The van der Waals surface area contributed by atoms with Gasteiger partial charge in [-0.25, -0.2) is 4.79 Å². The molecule has 0 saturated carbocycles. The number of hydrogen-bond acceptors (Lipinski definition) is 4. The fourth-order valence-corrected chi connectivity index (χ4v) is 2.65. The fraction of sp³-hybridized carbons (Fsp3) is 0.312. The number of anilines is 1. The summed E-state index contributed by atoms with van der Waals surface area (Å²) in [5.74, 6) is 3.22. The van der Waals surface area contributed by atoms with Crippen LogP contribution in [0.5, 0.6) is 5.75 Å². The van der Waals surface area contributed by atoms with Gasteiger partial charge in [-0.15, -0.1) is 0 Å². The second-order valence-corrected chi connectivity index (χ2v) is 5.82. The molecule has 0 bridgehead atoms. The molecule has 0 atom stereocenters. The normalized spacial score (nSPS) is 10.3. The first-order valence-electron chi connectivity index (χ1n) is 6.98. The standard InChI is InChI=1S/C16H20N2O3S/c1-12-5-6-15(20-2)14(10-12)18-16(19)17-7-9-22-11-13-4-3-8-21-13/h3-6,8,10H,7,9,11H2,1-2H3,(H2,17,18,19). The Balaban J connectivity index is 1.70. The molecule has 0 aliphatic heterocycles. The van der Waals surface area contributed by atoms with Gasteiger partial charge in [-0.05, 0) is 36.8 Å². The number of thioether (sulfide) groups is 1. The second-order valence-electron chi connectivity index (χ2n) is 4.72. The van der Waals surface area contributed by atoms with Crippen LogP contribution >= 0.6 is 11.8 Å². The Labute approximate surface area is 134 Å². The van der Waals surface area contributed by atoms with Crippen molar-refractivity contribution in [3.05, 3.63) is 47.9 Å². The molecule has 0 aliphatic carbocycles. The Bertz CT molecular complexity index is 599. The predicted octanol–water partition coefficient (Wildman–Crippen LogP) is 3.65. The van der Waals surface area contributed by atoms with Gasteiger partial charge in [-0.2, -0.15) is 11.8 Å². The zero-order valence-electron chi connectivity index (χ0n) is 12.7. The van der Waals surface area contributed by atoms with E-state index in [0.29, 0.717) is 18.0 Å². The lowest BCUT2D eigenvalue weighted by Crippen LogP contribution is -2.30. The highest BCUT2D eigenvalue weighted by Crippen LogP contribution is 2.24. The summed E-state index contributed by atoms with van der Waals surface area (Å²) in [6, 6.07) is 9.23. The molecule has 0 aliphatic rings. The highest BCUT2D eigenvalue weighted by atomic mass is 32.2. The summed E-state index contributed by atoms with van der Waals surface area (Å²) in [4.78, 5) is 11.9. The maximum absolute atomic E-state index is 11.9. The third-order valence-corrected chi connectivity index (χ3v) is 3.94. The summed E-state index contributed by atoms with van der Waals surface area (Å²) < 4.78 is 10.5. The number of carbonyl (C=O) groups is 1. The van der Waals surface area contributed by atoms with Gasteiger partial charge in [0.1, 0.15) is 11.5 Å². The van der Waals surface area contributed by atoms with Crippen molar-refractivity contribution in [2.24, 2.45) is 0 Å². The van der Waals surface area contributed by atoms with Crippen LogP contribution in [0.4, 0.5) is 10.5 Å². The van der Waals surface area contributed by atoms with Gasteiger partial charge in [0.25, 0.3) is 0 Å². The summed E-state index contributed by atoms with van der Waals surface area (Å²) >= 11 is 1.71. The molecule has 1 aromatic carbocycles. The number of rotatable bonds is 7. The average Bonchev–Trinajstić information content (AvgIpc) is 3.00. The van der Waals surface area contributed by atoms with Crippen molar-refractivity contribution in [1.82, 2.24) is 5.32 Å². The third-order valence-electron chi connectivity index (χ3n) is 2.96. The van der Waals surface area contributed by atoms with Crippen LogP contribution in [0.3, 0.4) is 0 Å². The third kappa shape index (κ3) is 5.04. The maximum atomic E-state index is 11.9. The highest BCUT2D eigenvalue weighted by Gasteiger charge is 2.07.